The summed E-state index contributed by atoms with van der Waals surface area (Å²) >= 11 is 0. The molecule has 1 aromatic carbocycles. The smallest absolute Gasteiger partial charge is 0.269 e. The summed E-state index contributed by atoms with van der Waals surface area (Å²) in [6.07, 6.45) is 7.76. The summed E-state index contributed by atoms with van der Waals surface area (Å²) in [5, 5.41) is 13.3. The summed E-state index contributed by atoms with van der Waals surface area (Å²) in [5.41, 5.74) is 1.32. The summed E-state index contributed by atoms with van der Waals surface area (Å²) in [6.45, 7) is 0.558. The number of nitro groups is 1. The van der Waals surface area contributed by atoms with Crippen molar-refractivity contribution in [2.45, 2.75) is 37.0 Å². The van der Waals surface area contributed by atoms with Gasteiger partial charge in [-0.25, -0.2) is 0 Å². The molecule has 0 aromatic heterocycles. The Labute approximate surface area is 137 Å². The molecule has 2 rings (SSSR count). The van der Waals surface area contributed by atoms with Crippen molar-refractivity contribution in [3.63, 3.8) is 0 Å². The SMILES string of the molecule is O=C(C[S@@](=O)c1ccc([N+](=O)[O-])cc1)NCCC1=CCCCC1. The monoisotopic (exact) mass is 336 g/mol. The highest BCUT2D eigenvalue weighted by Gasteiger charge is 2.12. The largest absolute Gasteiger partial charge is 0.355 e. The number of carbonyl (C=O) groups excluding carboxylic acids is 1. The van der Waals surface area contributed by atoms with E-state index >= 15 is 0 Å². The number of amides is 1. The Balaban J connectivity index is 1.76. The minimum Gasteiger partial charge on any atom is -0.355 e. The number of allylic oxidation sites excluding steroid dienone is 1. The molecule has 0 saturated carbocycles. The molecular weight excluding hydrogens is 316 g/mol. The number of rotatable bonds is 7. The first-order valence-corrected chi connectivity index (χ1v) is 8.95. The average Bonchev–Trinajstić information content (AvgIpc) is 2.56. The molecule has 6 nitrogen and oxygen atoms in total. The van der Waals surface area contributed by atoms with Crippen LogP contribution in [0.3, 0.4) is 0 Å². The van der Waals surface area contributed by atoms with Crippen LogP contribution in [0.5, 0.6) is 0 Å². The van der Waals surface area contributed by atoms with Crippen molar-refractivity contribution in [2.75, 3.05) is 12.3 Å². The molecule has 0 radical (unpaired) electrons. The fourth-order valence-electron chi connectivity index (χ4n) is 2.47. The van der Waals surface area contributed by atoms with Gasteiger partial charge in [-0.05, 0) is 44.2 Å². The van der Waals surface area contributed by atoms with Crippen LogP contribution >= 0.6 is 0 Å². The molecule has 0 aliphatic heterocycles. The van der Waals surface area contributed by atoms with Crippen LogP contribution < -0.4 is 5.32 Å². The van der Waals surface area contributed by atoms with Crippen LogP contribution in [0.15, 0.2) is 40.8 Å². The van der Waals surface area contributed by atoms with Crippen molar-refractivity contribution in [1.29, 1.82) is 0 Å². The summed E-state index contributed by atoms with van der Waals surface area (Å²) < 4.78 is 12.1. The molecule has 0 saturated heterocycles. The fraction of sp³-hybridized carbons (Fsp3) is 0.438. The Morgan fingerprint density at radius 3 is 2.61 bits per heavy atom. The molecule has 0 fully saturated rings. The van der Waals surface area contributed by atoms with E-state index in [9.17, 15) is 19.1 Å². The van der Waals surface area contributed by atoms with Crippen LogP contribution in [0.2, 0.25) is 0 Å². The van der Waals surface area contributed by atoms with Gasteiger partial charge in [-0.2, -0.15) is 0 Å². The van der Waals surface area contributed by atoms with Gasteiger partial charge in [-0.15, -0.1) is 0 Å². The summed E-state index contributed by atoms with van der Waals surface area (Å²) in [6, 6.07) is 5.43. The zero-order valence-electron chi connectivity index (χ0n) is 12.8. The van der Waals surface area contributed by atoms with E-state index in [-0.39, 0.29) is 17.3 Å². The molecule has 0 spiro atoms. The lowest BCUT2D eigenvalue weighted by molar-refractivity contribution is -0.384. The number of carbonyl (C=O) groups is 1. The first-order valence-electron chi connectivity index (χ1n) is 7.63. The average molecular weight is 336 g/mol. The van der Waals surface area contributed by atoms with Crippen molar-refractivity contribution in [3.05, 3.63) is 46.0 Å². The van der Waals surface area contributed by atoms with Crippen molar-refractivity contribution < 1.29 is 13.9 Å². The van der Waals surface area contributed by atoms with Crippen molar-refractivity contribution in [3.8, 4) is 0 Å². The van der Waals surface area contributed by atoms with Crippen molar-refractivity contribution in [1.82, 2.24) is 5.32 Å². The fourth-order valence-corrected chi connectivity index (χ4v) is 3.41. The molecule has 1 amide bonds. The molecule has 7 heteroatoms. The second-order valence-corrected chi connectivity index (χ2v) is 6.90. The maximum atomic E-state index is 12.1. The summed E-state index contributed by atoms with van der Waals surface area (Å²) in [7, 11) is -1.49. The quantitative estimate of drug-likeness (QED) is 0.471. The number of benzene rings is 1. The van der Waals surface area contributed by atoms with Gasteiger partial charge < -0.3 is 5.32 Å². The van der Waals surface area contributed by atoms with E-state index in [1.807, 2.05) is 0 Å². The van der Waals surface area contributed by atoms with Gasteiger partial charge in [0.2, 0.25) is 5.91 Å². The number of non-ortho nitro benzene ring substituents is 1. The standard InChI is InChI=1S/C16H20N2O4S/c19-16(17-11-10-13-4-2-1-3-5-13)12-23(22)15-8-6-14(7-9-15)18(20)21/h4,6-9H,1-3,5,10-12H2,(H,17,19)/t23-/m1/s1. The first kappa shape index (κ1) is 17.3. The van der Waals surface area contributed by atoms with Crippen LogP contribution in [0.4, 0.5) is 5.69 Å². The summed E-state index contributed by atoms with van der Waals surface area (Å²) in [4.78, 5) is 22.3. The van der Waals surface area contributed by atoms with Crippen molar-refractivity contribution >= 4 is 22.4 Å². The molecule has 23 heavy (non-hydrogen) atoms. The Morgan fingerprint density at radius 2 is 2.00 bits per heavy atom. The number of nitrogens with zero attached hydrogens (tertiary/aromatic N) is 1. The molecule has 1 aromatic rings. The molecule has 1 atom stereocenters. The van der Waals surface area contributed by atoms with Gasteiger partial charge >= 0.3 is 0 Å². The van der Waals surface area contributed by atoms with E-state index in [4.69, 9.17) is 0 Å². The van der Waals surface area contributed by atoms with E-state index in [2.05, 4.69) is 11.4 Å². The number of hydrogen-bond donors (Lipinski definition) is 1. The minimum absolute atomic E-state index is 0.0593. The highest BCUT2D eigenvalue weighted by atomic mass is 32.2. The third kappa shape index (κ3) is 5.59. The predicted molar refractivity (Wildman–Crippen MR) is 88.5 cm³/mol. The lowest BCUT2D eigenvalue weighted by Gasteiger charge is -2.12. The van der Waals surface area contributed by atoms with Crippen LogP contribution in [-0.4, -0.2) is 27.3 Å². The zero-order chi connectivity index (χ0) is 16.7. The number of nitrogens with one attached hydrogen (secondary N) is 1. The maximum Gasteiger partial charge on any atom is 0.269 e. The lowest BCUT2D eigenvalue weighted by atomic mass is 9.97. The highest BCUT2D eigenvalue weighted by Crippen LogP contribution is 2.19. The number of hydrogen-bond acceptors (Lipinski definition) is 4. The number of nitro benzene ring substituents is 1. The van der Waals surface area contributed by atoms with E-state index in [1.54, 1.807) is 0 Å². The second-order valence-electron chi connectivity index (χ2n) is 5.45. The van der Waals surface area contributed by atoms with Gasteiger partial charge in [-0.1, -0.05) is 11.6 Å². The highest BCUT2D eigenvalue weighted by molar-refractivity contribution is 7.85. The Hall–Kier alpha value is -2.02. The van der Waals surface area contributed by atoms with Crippen LogP contribution in [0.1, 0.15) is 32.1 Å². The van der Waals surface area contributed by atoms with E-state index < -0.39 is 15.7 Å². The normalized spacial score (nSPS) is 15.6. The molecule has 124 valence electrons. The van der Waals surface area contributed by atoms with Gasteiger partial charge in [0.1, 0.15) is 5.75 Å². The van der Waals surface area contributed by atoms with Gasteiger partial charge in [-0.3, -0.25) is 19.1 Å². The Kier molecular flexibility index (Phi) is 6.46. The van der Waals surface area contributed by atoms with E-state index in [0.717, 1.165) is 19.3 Å². The van der Waals surface area contributed by atoms with Crippen LogP contribution in [-0.2, 0) is 15.6 Å². The van der Waals surface area contributed by atoms with E-state index in [1.165, 1.54) is 42.7 Å². The summed E-state index contributed by atoms with van der Waals surface area (Å²) in [5.74, 6) is -0.394. The Bertz CT molecular complexity index is 625. The third-order valence-electron chi connectivity index (χ3n) is 3.73. The Morgan fingerprint density at radius 1 is 1.26 bits per heavy atom. The third-order valence-corrected chi connectivity index (χ3v) is 5.05. The molecule has 1 aliphatic rings. The molecule has 1 N–H and O–H groups in total. The molecule has 0 unspecified atom stereocenters. The zero-order valence-corrected chi connectivity index (χ0v) is 13.6. The van der Waals surface area contributed by atoms with Gasteiger partial charge in [0.15, 0.2) is 0 Å². The van der Waals surface area contributed by atoms with Gasteiger partial charge in [0.25, 0.3) is 5.69 Å². The topological polar surface area (TPSA) is 89.3 Å². The van der Waals surface area contributed by atoms with Crippen molar-refractivity contribution in [2.24, 2.45) is 0 Å². The molecule has 0 heterocycles. The lowest BCUT2D eigenvalue weighted by Crippen LogP contribution is -2.29. The second kappa shape index (κ2) is 8.57. The molecular formula is C16H20N2O4S. The predicted octanol–water partition coefficient (Wildman–Crippen LogP) is 2.71. The van der Waals surface area contributed by atoms with Gasteiger partial charge in [0.05, 0.1) is 15.7 Å². The molecule has 0 bridgehead atoms. The van der Waals surface area contributed by atoms with Gasteiger partial charge in [0, 0.05) is 23.6 Å². The molecule has 1 aliphatic carbocycles. The minimum atomic E-state index is -1.49. The van der Waals surface area contributed by atoms with Crippen LogP contribution in [0.25, 0.3) is 0 Å². The first-order chi connectivity index (χ1) is 11.1. The van der Waals surface area contributed by atoms with Crippen LogP contribution in [0, 0.1) is 10.1 Å². The maximum absolute atomic E-state index is 12.1. The van der Waals surface area contributed by atoms with E-state index in [0.29, 0.717) is 11.4 Å².